The summed E-state index contributed by atoms with van der Waals surface area (Å²) in [5.74, 6) is 0.964. The predicted octanol–water partition coefficient (Wildman–Crippen LogP) is 2.23. The fourth-order valence-corrected chi connectivity index (χ4v) is 3.36. The van der Waals surface area contributed by atoms with Crippen LogP contribution in [0.1, 0.15) is 56.4 Å². The van der Waals surface area contributed by atoms with Crippen LogP contribution in [0.5, 0.6) is 0 Å². The maximum absolute atomic E-state index is 12.4. The summed E-state index contributed by atoms with van der Waals surface area (Å²) in [5.41, 5.74) is 1.56. The molecule has 1 aliphatic rings. The van der Waals surface area contributed by atoms with Gasteiger partial charge in [-0.3, -0.25) is 14.6 Å². The third-order valence-electron chi connectivity index (χ3n) is 4.88. The minimum absolute atomic E-state index is 0.0616. The molecule has 3 rings (SSSR count). The number of nitrogens with zero attached hydrogens (tertiary/aromatic N) is 4. The van der Waals surface area contributed by atoms with Gasteiger partial charge in [-0.1, -0.05) is 19.4 Å². The Morgan fingerprint density at radius 2 is 2.11 bits per heavy atom. The van der Waals surface area contributed by atoms with Gasteiger partial charge in [0.05, 0.1) is 30.4 Å². The second-order valence-electron chi connectivity index (χ2n) is 6.93. The van der Waals surface area contributed by atoms with Crippen LogP contribution in [0, 0.1) is 0 Å². The van der Waals surface area contributed by atoms with E-state index in [1.807, 2.05) is 36.2 Å². The molecule has 0 aliphatic carbocycles. The van der Waals surface area contributed by atoms with Crippen LogP contribution in [0.15, 0.2) is 30.6 Å². The topological polar surface area (TPSA) is 80.1 Å². The Morgan fingerprint density at radius 1 is 1.26 bits per heavy atom. The highest BCUT2D eigenvalue weighted by Crippen LogP contribution is 2.25. The molecule has 1 atom stereocenters. The summed E-state index contributed by atoms with van der Waals surface area (Å²) in [6.07, 6.45) is 6.38. The summed E-state index contributed by atoms with van der Waals surface area (Å²) in [6.45, 7) is 5.92. The molecule has 3 heterocycles. The maximum atomic E-state index is 12.4. The lowest BCUT2D eigenvalue weighted by Crippen LogP contribution is -2.41. The number of pyridine rings is 1. The number of hydrogen-bond acceptors (Lipinski definition) is 4. The molecular formula is C20H27N5O2. The van der Waals surface area contributed by atoms with Crippen molar-refractivity contribution in [3.8, 4) is 0 Å². The molecule has 27 heavy (non-hydrogen) atoms. The van der Waals surface area contributed by atoms with Gasteiger partial charge in [0.25, 0.3) is 0 Å². The van der Waals surface area contributed by atoms with Crippen LogP contribution in [-0.2, 0) is 29.1 Å². The molecule has 0 unspecified atom stereocenters. The number of nitrogens with one attached hydrogen (secondary N) is 1. The van der Waals surface area contributed by atoms with Crippen molar-refractivity contribution >= 4 is 11.8 Å². The van der Waals surface area contributed by atoms with Crippen LogP contribution < -0.4 is 5.32 Å². The van der Waals surface area contributed by atoms with Gasteiger partial charge >= 0.3 is 0 Å². The molecule has 2 aromatic rings. The number of aromatic nitrogens is 3. The van der Waals surface area contributed by atoms with Gasteiger partial charge in [-0.05, 0) is 25.5 Å². The minimum Gasteiger partial charge on any atom is -0.350 e. The van der Waals surface area contributed by atoms with Crippen LogP contribution in [0.25, 0.3) is 0 Å². The van der Waals surface area contributed by atoms with Crippen LogP contribution >= 0.6 is 0 Å². The monoisotopic (exact) mass is 369 g/mol. The van der Waals surface area contributed by atoms with E-state index in [4.69, 9.17) is 0 Å². The van der Waals surface area contributed by atoms with Gasteiger partial charge in [0.15, 0.2) is 0 Å². The highest BCUT2D eigenvalue weighted by atomic mass is 16.2. The average molecular weight is 369 g/mol. The average Bonchev–Trinajstić information content (AvgIpc) is 3.09. The Balaban J connectivity index is 1.58. The molecule has 0 saturated carbocycles. The zero-order chi connectivity index (χ0) is 19.2. The zero-order valence-electron chi connectivity index (χ0n) is 16.0. The standard InChI is InChI=1S/C20H27N5O2/c1-3-4-8-19(27)25-11-10-24-14-17(23-20(24)15(25)2)12-18(26)22-13-16-7-5-6-9-21-16/h5-7,9,14-15H,3-4,8,10-13H2,1-2H3,(H,22,26)/t15-/m1/s1. The molecule has 144 valence electrons. The molecule has 0 bridgehead atoms. The molecule has 2 amide bonds. The van der Waals surface area contributed by atoms with Crippen molar-refractivity contribution in [2.75, 3.05) is 6.54 Å². The van der Waals surface area contributed by atoms with E-state index in [1.54, 1.807) is 6.20 Å². The lowest BCUT2D eigenvalue weighted by Gasteiger charge is -2.33. The van der Waals surface area contributed by atoms with Crippen LogP contribution in [-0.4, -0.2) is 37.8 Å². The third-order valence-corrected chi connectivity index (χ3v) is 4.88. The number of unbranched alkanes of at least 4 members (excludes halogenated alkanes) is 1. The number of carbonyl (C=O) groups excluding carboxylic acids is 2. The van der Waals surface area contributed by atoms with Crippen molar-refractivity contribution < 1.29 is 9.59 Å². The van der Waals surface area contributed by atoms with Gasteiger partial charge in [0.1, 0.15) is 5.82 Å². The normalized spacial score (nSPS) is 16.1. The fraction of sp³-hybridized carbons (Fsp3) is 0.500. The number of fused-ring (bicyclic) bond motifs is 1. The van der Waals surface area contributed by atoms with Crippen molar-refractivity contribution in [3.63, 3.8) is 0 Å². The number of rotatable bonds is 7. The van der Waals surface area contributed by atoms with E-state index in [9.17, 15) is 9.59 Å². The lowest BCUT2D eigenvalue weighted by atomic mass is 10.1. The maximum Gasteiger partial charge on any atom is 0.226 e. The summed E-state index contributed by atoms with van der Waals surface area (Å²) in [7, 11) is 0. The molecule has 0 radical (unpaired) electrons. The van der Waals surface area contributed by atoms with Crippen molar-refractivity contribution in [2.45, 2.75) is 58.7 Å². The zero-order valence-corrected chi connectivity index (χ0v) is 16.0. The number of carbonyl (C=O) groups is 2. The van der Waals surface area contributed by atoms with Gasteiger partial charge < -0.3 is 14.8 Å². The lowest BCUT2D eigenvalue weighted by molar-refractivity contribution is -0.134. The van der Waals surface area contributed by atoms with E-state index in [2.05, 4.69) is 26.8 Å². The molecular weight excluding hydrogens is 342 g/mol. The number of amides is 2. The van der Waals surface area contributed by atoms with E-state index in [0.717, 1.165) is 36.6 Å². The molecule has 2 aromatic heterocycles. The third kappa shape index (κ3) is 4.72. The smallest absolute Gasteiger partial charge is 0.226 e. The first-order valence-electron chi connectivity index (χ1n) is 9.60. The Morgan fingerprint density at radius 3 is 2.85 bits per heavy atom. The molecule has 0 fully saturated rings. The predicted molar refractivity (Wildman–Crippen MR) is 102 cm³/mol. The molecule has 1 N–H and O–H groups in total. The van der Waals surface area contributed by atoms with Crippen molar-refractivity contribution in [2.24, 2.45) is 0 Å². The first-order chi connectivity index (χ1) is 13.1. The van der Waals surface area contributed by atoms with Crippen molar-refractivity contribution in [3.05, 3.63) is 47.8 Å². The van der Waals surface area contributed by atoms with E-state index in [0.29, 0.717) is 19.5 Å². The van der Waals surface area contributed by atoms with E-state index in [1.165, 1.54) is 0 Å². The van der Waals surface area contributed by atoms with Crippen molar-refractivity contribution in [1.29, 1.82) is 0 Å². The second kappa shape index (κ2) is 8.79. The fourth-order valence-electron chi connectivity index (χ4n) is 3.36. The first-order valence-corrected chi connectivity index (χ1v) is 9.60. The molecule has 0 saturated heterocycles. The summed E-state index contributed by atoms with van der Waals surface area (Å²) in [5, 5.41) is 2.87. The number of imidazole rings is 1. The Hall–Kier alpha value is -2.70. The Bertz CT molecular complexity index is 787. The molecule has 0 aromatic carbocycles. The van der Waals surface area contributed by atoms with E-state index in [-0.39, 0.29) is 24.3 Å². The molecule has 7 nitrogen and oxygen atoms in total. The molecule has 0 spiro atoms. The number of hydrogen-bond donors (Lipinski definition) is 1. The van der Waals surface area contributed by atoms with Crippen LogP contribution in [0.4, 0.5) is 0 Å². The van der Waals surface area contributed by atoms with Crippen LogP contribution in [0.3, 0.4) is 0 Å². The minimum atomic E-state index is -0.0837. The highest BCUT2D eigenvalue weighted by Gasteiger charge is 2.29. The van der Waals surface area contributed by atoms with E-state index < -0.39 is 0 Å². The van der Waals surface area contributed by atoms with Gasteiger partial charge in [0, 0.05) is 31.9 Å². The summed E-state index contributed by atoms with van der Waals surface area (Å²) >= 11 is 0. The molecule has 7 heteroatoms. The van der Waals surface area contributed by atoms with Crippen LogP contribution in [0.2, 0.25) is 0 Å². The Kier molecular flexibility index (Phi) is 6.21. The SMILES string of the molecule is CCCCC(=O)N1CCn2cc(CC(=O)NCc3ccccn3)nc2[C@H]1C. The summed E-state index contributed by atoms with van der Waals surface area (Å²) in [4.78, 5) is 35.4. The second-order valence-corrected chi connectivity index (χ2v) is 6.93. The van der Waals surface area contributed by atoms with E-state index >= 15 is 0 Å². The highest BCUT2D eigenvalue weighted by molar-refractivity contribution is 5.78. The summed E-state index contributed by atoms with van der Waals surface area (Å²) < 4.78 is 2.07. The Labute approximate surface area is 159 Å². The van der Waals surface area contributed by atoms with Gasteiger partial charge in [-0.25, -0.2) is 4.98 Å². The van der Waals surface area contributed by atoms with Gasteiger partial charge in [-0.15, -0.1) is 0 Å². The van der Waals surface area contributed by atoms with Gasteiger partial charge in [-0.2, -0.15) is 0 Å². The summed E-state index contributed by atoms with van der Waals surface area (Å²) in [6, 6.07) is 5.56. The van der Waals surface area contributed by atoms with Gasteiger partial charge in [0.2, 0.25) is 11.8 Å². The molecule has 1 aliphatic heterocycles. The quantitative estimate of drug-likeness (QED) is 0.812. The van der Waals surface area contributed by atoms with Crippen molar-refractivity contribution in [1.82, 2.24) is 24.8 Å². The first kappa shape index (κ1) is 19.1. The largest absolute Gasteiger partial charge is 0.350 e.